The molecule has 2 aromatic heterocycles. The second-order valence-corrected chi connectivity index (χ2v) is 6.33. The van der Waals surface area contributed by atoms with E-state index in [1.807, 2.05) is 24.4 Å². The molecule has 0 radical (unpaired) electrons. The fourth-order valence-corrected chi connectivity index (χ4v) is 2.79. The first kappa shape index (κ1) is 16.5. The molecule has 1 amide bonds. The van der Waals surface area contributed by atoms with Crippen LogP contribution in [0.2, 0.25) is 10.0 Å². The molecule has 8 heteroatoms. The molecule has 0 spiro atoms. The third-order valence-corrected chi connectivity index (χ3v) is 4.49. The summed E-state index contributed by atoms with van der Waals surface area (Å²) < 4.78 is 1.78. The number of hydrogen-bond acceptors (Lipinski definition) is 4. The number of carbonyl (C=O) groups is 1. The number of anilines is 1. The predicted octanol–water partition coefficient (Wildman–Crippen LogP) is 4.35. The molecule has 4 rings (SSSR count). The molecule has 0 unspecified atom stereocenters. The molecular formula is C18H11Cl2N5O. The van der Waals surface area contributed by atoms with Crippen LogP contribution >= 0.6 is 23.2 Å². The number of fused-ring (bicyclic) bond motifs is 1. The van der Waals surface area contributed by atoms with E-state index in [9.17, 15) is 4.79 Å². The number of nitrogens with zero attached hydrogens (tertiary/aromatic N) is 4. The summed E-state index contributed by atoms with van der Waals surface area (Å²) in [5, 5.41) is 11.4. The Hall–Kier alpha value is -2.96. The highest BCUT2D eigenvalue weighted by Crippen LogP contribution is 2.25. The number of halogens is 2. The fraction of sp³-hybridized carbons (Fsp3) is 0. The number of hydrogen-bond donors (Lipinski definition) is 1. The highest BCUT2D eigenvalue weighted by molar-refractivity contribution is 6.42. The minimum absolute atomic E-state index is 0.276. The Bertz CT molecular complexity index is 1090. The van der Waals surface area contributed by atoms with Gasteiger partial charge < -0.3 is 5.32 Å². The Morgan fingerprint density at radius 2 is 1.96 bits per heavy atom. The zero-order valence-electron chi connectivity index (χ0n) is 13.2. The lowest BCUT2D eigenvalue weighted by molar-refractivity contribution is 0.102. The first-order chi connectivity index (χ1) is 12.6. The van der Waals surface area contributed by atoms with Gasteiger partial charge in [-0.1, -0.05) is 35.3 Å². The standard InChI is InChI=1S/C18H11Cl2N5O/c19-14-5-4-12(9-15(14)20)17(26)22-13-3-1-2-11(8-13)16-10-25-7-6-21-24-18(25)23-16/h1-10H,(H,22,26). The number of amides is 1. The molecule has 6 nitrogen and oxygen atoms in total. The van der Waals surface area contributed by atoms with Gasteiger partial charge in [0, 0.05) is 29.2 Å². The summed E-state index contributed by atoms with van der Waals surface area (Å²) in [6, 6.07) is 12.1. The zero-order chi connectivity index (χ0) is 18.1. The number of benzene rings is 2. The van der Waals surface area contributed by atoms with Crippen LogP contribution in [0.5, 0.6) is 0 Å². The van der Waals surface area contributed by atoms with Gasteiger partial charge in [-0.15, -0.1) is 5.10 Å². The Balaban J connectivity index is 1.61. The lowest BCUT2D eigenvalue weighted by Crippen LogP contribution is -2.11. The molecule has 0 aliphatic rings. The van der Waals surface area contributed by atoms with Gasteiger partial charge in [-0.2, -0.15) is 5.10 Å². The van der Waals surface area contributed by atoms with Gasteiger partial charge in [0.15, 0.2) is 0 Å². The number of imidazole rings is 1. The average molecular weight is 384 g/mol. The van der Waals surface area contributed by atoms with Crippen LogP contribution in [0.1, 0.15) is 10.4 Å². The van der Waals surface area contributed by atoms with Crippen LogP contribution in [0, 0.1) is 0 Å². The van der Waals surface area contributed by atoms with Crippen molar-refractivity contribution in [2.45, 2.75) is 0 Å². The summed E-state index contributed by atoms with van der Waals surface area (Å²) in [5.41, 5.74) is 2.65. The van der Waals surface area contributed by atoms with Crippen LogP contribution in [0.3, 0.4) is 0 Å². The van der Waals surface area contributed by atoms with E-state index in [1.165, 1.54) is 6.07 Å². The van der Waals surface area contributed by atoms with Crippen LogP contribution in [0.15, 0.2) is 61.1 Å². The molecule has 0 fully saturated rings. The van der Waals surface area contributed by atoms with E-state index in [1.54, 1.807) is 35.0 Å². The van der Waals surface area contributed by atoms with Crippen LogP contribution < -0.4 is 5.32 Å². The maximum absolute atomic E-state index is 12.4. The Morgan fingerprint density at radius 1 is 1.08 bits per heavy atom. The van der Waals surface area contributed by atoms with Crippen molar-refractivity contribution in [3.63, 3.8) is 0 Å². The molecule has 2 aromatic carbocycles. The van der Waals surface area contributed by atoms with Crippen molar-refractivity contribution in [1.29, 1.82) is 0 Å². The molecule has 26 heavy (non-hydrogen) atoms. The molecule has 128 valence electrons. The summed E-state index contributed by atoms with van der Waals surface area (Å²) in [6.07, 6.45) is 5.21. The molecule has 0 saturated heterocycles. The van der Waals surface area contributed by atoms with Crippen molar-refractivity contribution in [3.05, 3.63) is 76.7 Å². The molecule has 0 aliphatic heterocycles. The van der Waals surface area contributed by atoms with Crippen molar-refractivity contribution in [3.8, 4) is 11.3 Å². The first-order valence-electron chi connectivity index (χ1n) is 7.63. The molecule has 0 aliphatic carbocycles. The quantitative estimate of drug-likeness (QED) is 0.570. The van der Waals surface area contributed by atoms with Gasteiger partial charge in [0.25, 0.3) is 11.7 Å². The van der Waals surface area contributed by atoms with Crippen molar-refractivity contribution in [1.82, 2.24) is 19.6 Å². The van der Waals surface area contributed by atoms with Gasteiger partial charge in [-0.25, -0.2) is 4.98 Å². The minimum atomic E-state index is -0.276. The van der Waals surface area contributed by atoms with E-state index in [-0.39, 0.29) is 5.91 Å². The number of aromatic nitrogens is 4. The number of rotatable bonds is 3. The summed E-state index contributed by atoms with van der Waals surface area (Å²) in [4.78, 5) is 16.8. The lowest BCUT2D eigenvalue weighted by Gasteiger charge is -2.07. The molecule has 1 N–H and O–H groups in total. The van der Waals surface area contributed by atoms with Crippen LogP contribution in [-0.4, -0.2) is 25.5 Å². The van der Waals surface area contributed by atoms with Crippen LogP contribution in [0.4, 0.5) is 5.69 Å². The van der Waals surface area contributed by atoms with Gasteiger partial charge in [-0.3, -0.25) is 9.20 Å². The minimum Gasteiger partial charge on any atom is -0.322 e. The molecule has 0 atom stereocenters. The smallest absolute Gasteiger partial charge is 0.255 e. The van der Waals surface area contributed by atoms with Crippen LogP contribution in [-0.2, 0) is 0 Å². The lowest BCUT2D eigenvalue weighted by atomic mass is 10.1. The normalized spacial score (nSPS) is 10.8. The second-order valence-electron chi connectivity index (χ2n) is 5.51. The summed E-state index contributed by atoms with van der Waals surface area (Å²) >= 11 is 11.9. The number of nitrogens with one attached hydrogen (secondary N) is 1. The SMILES string of the molecule is O=C(Nc1cccc(-c2cn3ccnnc3n2)c1)c1ccc(Cl)c(Cl)c1. The largest absolute Gasteiger partial charge is 0.322 e. The first-order valence-corrected chi connectivity index (χ1v) is 8.39. The third-order valence-electron chi connectivity index (χ3n) is 3.75. The van der Waals surface area contributed by atoms with E-state index in [0.29, 0.717) is 27.1 Å². The second kappa shape index (κ2) is 6.74. The van der Waals surface area contributed by atoms with E-state index in [4.69, 9.17) is 23.2 Å². The average Bonchev–Trinajstić information content (AvgIpc) is 3.08. The molecule has 4 aromatic rings. The van der Waals surface area contributed by atoms with Crippen molar-refractivity contribution < 1.29 is 4.79 Å². The van der Waals surface area contributed by atoms with Gasteiger partial charge in [-0.05, 0) is 30.3 Å². The Morgan fingerprint density at radius 3 is 2.77 bits per heavy atom. The summed E-state index contributed by atoms with van der Waals surface area (Å²) in [6.45, 7) is 0. The highest BCUT2D eigenvalue weighted by Gasteiger charge is 2.10. The molecule has 2 heterocycles. The van der Waals surface area contributed by atoms with Crippen molar-refractivity contribution in [2.75, 3.05) is 5.32 Å². The molecule has 0 bridgehead atoms. The van der Waals surface area contributed by atoms with E-state index >= 15 is 0 Å². The molecule has 0 saturated carbocycles. The van der Waals surface area contributed by atoms with Crippen molar-refractivity contribution >= 4 is 40.6 Å². The maximum Gasteiger partial charge on any atom is 0.255 e. The van der Waals surface area contributed by atoms with Gasteiger partial charge in [0.2, 0.25) is 0 Å². The topological polar surface area (TPSA) is 72.2 Å². The van der Waals surface area contributed by atoms with Crippen molar-refractivity contribution in [2.24, 2.45) is 0 Å². The predicted molar refractivity (Wildman–Crippen MR) is 101 cm³/mol. The summed E-state index contributed by atoms with van der Waals surface area (Å²) in [5.74, 6) is 0.231. The molecular weight excluding hydrogens is 373 g/mol. The summed E-state index contributed by atoms with van der Waals surface area (Å²) in [7, 11) is 0. The van der Waals surface area contributed by atoms with E-state index < -0.39 is 0 Å². The zero-order valence-corrected chi connectivity index (χ0v) is 14.7. The van der Waals surface area contributed by atoms with Gasteiger partial charge in [0.1, 0.15) is 0 Å². The van der Waals surface area contributed by atoms with Crippen LogP contribution in [0.25, 0.3) is 17.0 Å². The monoisotopic (exact) mass is 383 g/mol. The van der Waals surface area contributed by atoms with E-state index in [2.05, 4.69) is 20.5 Å². The maximum atomic E-state index is 12.4. The highest BCUT2D eigenvalue weighted by atomic mass is 35.5. The fourth-order valence-electron chi connectivity index (χ4n) is 2.49. The van der Waals surface area contributed by atoms with Gasteiger partial charge >= 0.3 is 0 Å². The number of carbonyl (C=O) groups excluding carboxylic acids is 1. The third kappa shape index (κ3) is 3.24. The van der Waals surface area contributed by atoms with Gasteiger partial charge in [0.05, 0.1) is 21.9 Å². The Labute approximate surface area is 158 Å². The Kier molecular flexibility index (Phi) is 4.28. The van der Waals surface area contributed by atoms with E-state index in [0.717, 1.165) is 11.3 Å².